The van der Waals surface area contributed by atoms with Crippen LogP contribution in [0.5, 0.6) is 5.75 Å². The van der Waals surface area contributed by atoms with E-state index in [0.717, 1.165) is 5.69 Å². The minimum Gasteiger partial charge on any atom is -0.488 e. The molecule has 2 unspecified atom stereocenters. The number of rotatable bonds is 12. The number of hydrogen-bond acceptors (Lipinski definition) is 10. The van der Waals surface area contributed by atoms with E-state index in [-0.39, 0.29) is 25.8 Å². The number of fused-ring (bicyclic) bond motifs is 1. The van der Waals surface area contributed by atoms with E-state index in [1.54, 1.807) is 32.9 Å². The first-order valence-electron chi connectivity index (χ1n) is 17.3. The van der Waals surface area contributed by atoms with Crippen molar-refractivity contribution in [1.82, 2.24) is 20.2 Å². The molecule has 12 nitrogen and oxygen atoms in total. The second-order valence-corrected chi connectivity index (χ2v) is 18.5. The fourth-order valence-electron chi connectivity index (χ4n) is 6.72. The first-order valence-corrected chi connectivity index (χ1v) is 19.0. The number of ketones is 1. The van der Waals surface area contributed by atoms with Crippen molar-refractivity contribution in [3.63, 3.8) is 0 Å². The molecule has 13 heteroatoms. The van der Waals surface area contributed by atoms with Crippen molar-refractivity contribution in [1.29, 1.82) is 0 Å². The molecule has 0 bridgehead atoms. The van der Waals surface area contributed by atoms with Crippen LogP contribution < -0.4 is 10.1 Å². The molecular weight excluding hydrogens is 660 g/mol. The van der Waals surface area contributed by atoms with Gasteiger partial charge in [0.05, 0.1) is 29.5 Å². The molecule has 2 aliphatic carbocycles. The van der Waals surface area contributed by atoms with Gasteiger partial charge in [-0.2, -0.15) is 0 Å². The van der Waals surface area contributed by atoms with E-state index >= 15 is 0 Å². The van der Waals surface area contributed by atoms with Gasteiger partial charge >= 0.3 is 5.97 Å². The largest absolute Gasteiger partial charge is 0.488 e. The van der Waals surface area contributed by atoms with Crippen LogP contribution in [0.1, 0.15) is 85.0 Å². The van der Waals surface area contributed by atoms with Crippen LogP contribution >= 0.6 is 0 Å². The summed E-state index contributed by atoms with van der Waals surface area (Å²) < 4.78 is 37.6. The van der Waals surface area contributed by atoms with E-state index in [1.807, 2.05) is 46.8 Å². The predicted octanol–water partition coefficient (Wildman–Crippen LogP) is 4.20. The highest BCUT2D eigenvalue weighted by Gasteiger charge is 2.61. The summed E-state index contributed by atoms with van der Waals surface area (Å²) in [5.41, 5.74) is -0.875. The predicted molar refractivity (Wildman–Crippen MR) is 188 cm³/mol. The molecule has 1 N–H and O–H groups in total. The number of carbonyl (C=O) groups excluding carboxylic acids is 4. The van der Waals surface area contributed by atoms with Crippen LogP contribution in [0.2, 0.25) is 0 Å². The summed E-state index contributed by atoms with van der Waals surface area (Å²) in [6, 6.07) is 4.43. The Labute approximate surface area is 294 Å². The molecule has 5 rings (SSSR count). The highest BCUT2D eigenvalue weighted by molar-refractivity contribution is 7.93. The Hall–Kier alpha value is -3.87. The van der Waals surface area contributed by atoms with E-state index in [1.165, 1.54) is 4.90 Å². The Morgan fingerprint density at radius 1 is 1.08 bits per heavy atom. The summed E-state index contributed by atoms with van der Waals surface area (Å²) in [4.78, 5) is 65.9. The first kappa shape index (κ1) is 37.4. The van der Waals surface area contributed by atoms with Gasteiger partial charge < -0.3 is 19.7 Å². The van der Waals surface area contributed by atoms with Crippen molar-refractivity contribution < 1.29 is 37.1 Å². The zero-order valence-corrected chi connectivity index (χ0v) is 31.2. The Balaban J connectivity index is 1.46. The van der Waals surface area contributed by atoms with E-state index in [2.05, 4.69) is 21.9 Å². The van der Waals surface area contributed by atoms with Crippen molar-refractivity contribution in [2.75, 3.05) is 12.3 Å². The molecule has 5 atom stereocenters. The number of carbonyl (C=O) groups is 4. The van der Waals surface area contributed by atoms with Crippen molar-refractivity contribution in [2.45, 2.75) is 116 Å². The molecule has 2 saturated carbocycles. The SMILES string of the molecule is C=CC1CC1(NC(=O)[C@@H]1C[C@@H](Oc2cc(C)nc3nc(C)ccc23)CN1C(=O)[C@@H](CC(=O)OC(C)(C)C)C(C)(C)C)C(=O)CS(=O)(=O)C1CC1. The number of hydrogen-bond donors (Lipinski definition) is 1. The van der Waals surface area contributed by atoms with Crippen LogP contribution in [0.15, 0.2) is 30.9 Å². The number of amides is 2. The average Bonchev–Trinajstić information content (AvgIpc) is 3.90. The molecule has 1 saturated heterocycles. The number of nitrogens with one attached hydrogen (secondary N) is 1. The molecule has 50 heavy (non-hydrogen) atoms. The summed E-state index contributed by atoms with van der Waals surface area (Å²) in [5, 5.41) is 3.03. The van der Waals surface area contributed by atoms with Crippen LogP contribution in [-0.4, -0.2) is 87.7 Å². The first-order chi connectivity index (χ1) is 23.1. The van der Waals surface area contributed by atoms with Gasteiger partial charge in [0.15, 0.2) is 21.3 Å². The van der Waals surface area contributed by atoms with E-state index < -0.39 is 84.9 Å². The number of ether oxygens (including phenoxy) is 2. The molecule has 3 aliphatic rings. The molecule has 2 amide bonds. The second kappa shape index (κ2) is 13.4. The van der Waals surface area contributed by atoms with Gasteiger partial charge in [0.25, 0.3) is 0 Å². The van der Waals surface area contributed by atoms with Crippen molar-refractivity contribution >= 4 is 44.4 Å². The van der Waals surface area contributed by atoms with Gasteiger partial charge in [0.1, 0.15) is 34.8 Å². The number of aromatic nitrogens is 2. The van der Waals surface area contributed by atoms with Crippen molar-refractivity contribution in [3.05, 3.63) is 42.2 Å². The summed E-state index contributed by atoms with van der Waals surface area (Å²) >= 11 is 0. The molecule has 0 spiro atoms. The van der Waals surface area contributed by atoms with Gasteiger partial charge in [-0.1, -0.05) is 26.8 Å². The number of sulfone groups is 1. The minimum atomic E-state index is -3.63. The van der Waals surface area contributed by atoms with E-state index in [0.29, 0.717) is 35.3 Å². The van der Waals surface area contributed by atoms with Crippen LogP contribution in [0.25, 0.3) is 11.0 Å². The standard InChI is InChI=1S/C37H50N4O8S/c1-10-23-18-37(23,30(42)20-50(46,47)25-12-13-25)40-33(44)28-16-24(48-29-15-22(3)39-32-26(29)14-11-21(2)38-32)19-41(28)34(45)27(35(4,5)6)17-31(43)49-36(7,8)9/h10-11,14-15,23-25,27-28H,1,12-13,16-20H2,2-9H3,(H,40,44)/t23?,24-,27-,28+,37?/m1/s1. The molecular formula is C37H50N4O8S. The summed E-state index contributed by atoms with van der Waals surface area (Å²) in [5.74, 6) is -3.57. The lowest BCUT2D eigenvalue weighted by molar-refractivity contribution is -0.161. The van der Waals surface area contributed by atoms with E-state index in [4.69, 9.17) is 9.47 Å². The number of likely N-dealkylation sites (tertiary alicyclic amines) is 1. The quantitative estimate of drug-likeness (QED) is 0.250. The number of aryl methyl sites for hydroxylation is 2. The lowest BCUT2D eigenvalue weighted by Gasteiger charge is -2.35. The van der Waals surface area contributed by atoms with Crippen LogP contribution in [0, 0.1) is 31.1 Å². The maximum absolute atomic E-state index is 14.5. The number of esters is 1. The highest BCUT2D eigenvalue weighted by atomic mass is 32.2. The van der Waals surface area contributed by atoms with Gasteiger partial charge in [-0.3, -0.25) is 19.2 Å². The second-order valence-electron chi connectivity index (χ2n) is 16.2. The zero-order chi connectivity index (χ0) is 37.0. The number of pyridine rings is 2. The monoisotopic (exact) mass is 710 g/mol. The third-order valence-corrected chi connectivity index (χ3v) is 11.8. The maximum atomic E-state index is 14.5. The minimum absolute atomic E-state index is 0.0296. The lowest BCUT2D eigenvalue weighted by atomic mass is 9.77. The highest BCUT2D eigenvalue weighted by Crippen LogP contribution is 2.46. The van der Waals surface area contributed by atoms with E-state index in [9.17, 15) is 27.6 Å². The van der Waals surface area contributed by atoms with Crippen LogP contribution in [-0.2, 0) is 33.8 Å². The average molecular weight is 711 g/mol. The third-order valence-electron chi connectivity index (χ3n) is 9.69. The van der Waals surface area contributed by atoms with Crippen molar-refractivity contribution in [3.8, 4) is 5.75 Å². The molecule has 3 heterocycles. The molecule has 2 aromatic heterocycles. The molecule has 2 aromatic rings. The smallest absolute Gasteiger partial charge is 0.307 e. The molecule has 1 aliphatic heterocycles. The number of Topliss-reactive ketones (excluding diaryl/α,β-unsaturated/α-hetero) is 1. The summed E-state index contributed by atoms with van der Waals surface area (Å²) in [6.45, 7) is 18.3. The van der Waals surface area contributed by atoms with Gasteiger partial charge in [-0.05, 0) is 71.4 Å². The van der Waals surface area contributed by atoms with Crippen molar-refractivity contribution in [2.24, 2.45) is 17.3 Å². The topological polar surface area (TPSA) is 162 Å². The third kappa shape index (κ3) is 8.19. The summed E-state index contributed by atoms with van der Waals surface area (Å²) in [6.07, 6.45) is 2.08. The Morgan fingerprint density at radius 2 is 1.74 bits per heavy atom. The maximum Gasteiger partial charge on any atom is 0.307 e. The zero-order valence-electron chi connectivity index (χ0n) is 30.4. The fourth-order valence-corrected chi connectivity index (χ4v) is 8.43. The Kier molecular flexibility index (Phi) is 9.98. The summed E-state index contributed by atoms with van der Waals surface area (Å²) in [7, 11) is -3.63. The Bertz CT molecular complexity index is 1820. The number of nitrogens with zero attached hydrogens (tertiary/aromatic N) is 3. The normalized spacial score (nSPS) is 24.4. The Morgan fingerprint density at radius 3 is 2.32 bits per heavy atom. The fraction of sp³-hybridized carbons (Fsp3) is 0.622. The van der Waals surface area contributed by atoms with Gasteiger partial charge in [0, 0.05) is 29.8 Å². The lowest BCUT2D eigenvalue weighted by Crippen LogP contribution is -2.55. The molecule has 272 valence electrons. The van der Waals surface area contributed by atoms with Crippen LogP contribution in [0.4, 0.5) is 0 Å². The molecule has 0 radical (unpaired) electrons. The van der Waals surface area contributed by atoms with Gasteiger partial charge in [0.2, 0.25) is 11.8 Å². The molecule has 3 fully saturated rings. The molecule has 0 aromatic carbocycles. The van der Waals surface area contributed by atoms with Gasteiger partial charge in [-0.15, -0.1) is 6.58 Å². The van der Waals surface area contributed by atoms with Crippen LogP contribution in [0.3, 0.4) is 0 Å². The van der Waals surface area contributed by atoms with Gasteiger partial charge in [-0.25, -0.2) is 18.4 Å².